The van der Waals surface area contributed by atoms with Gasteiger partial charge in [-0.2, -0.15) is 10.2 Å². The molecule has 1 saturated heterocycles. The van der Waals surface area contributed by atoms with Crippen LogP contribution >= 0.6 is 0 Å². The van der Waals surface area contributed by atoms with Gasteiger partial charge in [0.15, 0.2) is 0 Å². The Morgan fingerprint density at radius 2 is 1.38 bits per heavy atom. The van der Waals surface area contributed by atoms with E-state index in [1.54, 1.807) is 24.8 Å². The lowest BCUT2D eigenvalue weighted by atomic mass is 9.86. The predicted molar refractivity (Wildman–Crippen MR) is 79.4 cm³/mol. The van der Waals surface area contributed by atoms with E-state index in [9.17, 15) is 0 Å². The van der Waals surface area contributed by atoms with E-state index in [1.165, 1.54) is 0 Å². The summed E-state index contributed by atoms with van der Waals surface area (Å²) in [6.07, 6.45) is 8.05. The van der Waals surface area contributed by atoms with E-state index in [4.69, 9.17) is 4.74 Å². The Balaban J connectivity index is 1.78. The van der Waals surface area contributed by atoms with Gasteiger partial charge in [0.25, 0.3) is 0 Å². The van der Waals surface area contributed by atoms with Crippen molar-refractivity contribution >= 4 is 11.4 Å². The van der Waals surface area contributed by atoms with E-state index in [0.717, 1.165) is 35.6 Å². The smallest absolute Gasteiger partial charge is 0.110 e. The first-order valence-electron chi connectivity index (χ1n) is 7.01. The van der Waals surface area contributed by atoms with Gasteiger partial charge in [-0.05, 0) is 30.7 Å². The van der Waals surface area contributed by atoms with Crippen LogP contribution in [0.2, 0.25) is 0 Å². The molecule has 5 nitrogen and oxygen atoms in total. The number of ether oxygens (including phenoxy) is 1. The van der Waals surface area contributed by atoms with Crippen LogP contribution in [-0.4, -0.2) is 34.1 Å². The minimum Gasteiger partial charge on any atom is -0.371 e. The second-order valence-corrected chi connectivity index (χ2v) is 5.13. The summed E-state index contributed by atoms with van der Waals surface area (Å²) in [6, 6.07) is 7.84. The van der Waals surface area contributed by atoms with E-state index >= 15 is 0 Å². The first-order chi connectivity index (χ1) is 10.4. The van der Waals surface area contributed by atoms with Crippen LogP contribution in [0, 0.1) is 5.92 Å². The van der Waals surface area contributed by atoms with Gasteiger partial charge < -0.3 is 4.74 Å². The second-order valence-electron chi connectivity index (χ2n) is 5.13. The van der Waals surface area contributed by atoms with Gasteiger partial charge in [-0.25, -0.2) is 0 Å². The summed E-state index contributed by atoms with van der Waals surface area (Å²) in [7, 11) is 0. The molecule has 0 saturated carbocycles. The molecule has 0 amide bonds. The maximum atomic E-state index is 5.93. The predicted octanol–water partition coefficient (Wildman–Crippen LogP) is 2.09. The number of aromatic nitrogens is 2. The largest absolute Gasteiger partial charge is 0.371 e. The molecule has 0 aromatic carbocycles. The first-order valence-corrected chi connectivity index (χ1v) is 7.01. The van der Waals surface area contributed by atoms with Crippen LogP contribution in [0.1, 0.15) is 17.5 Å². The number of nitrogens with zero attached hydrogens (tertiary/aromatic N) is 4. The summed E-state index contributed by atoms with van der Waals surface area (Å²) in [5.41, 5.74) is 4.00. The van der Waals surface area contributed by atoms with Crippen molar-refractivity contribution in [2.45, 2.75) is 12.5 Å². The topological polar surface area (TPSA) is 59.7 Å². The standard InChI is InChI=1S/C16H14N4O/c1-6-17-7-2-11(1)14-13-5-10-21-16(13)15(20-19-14)12-3-8-18-9-4-12/h1-4,6-9,13,16H,5,10H2. The van der Waals surface area contributed by atoms with Crippen LogP contribution in [0.3, 0.4) is 0 Å². The first kappa shape index (κ1) is 12.3. The highest BCUT2D eigenvalue weighted by molar-refractivity contribution is 6.13. The van der Waals surface area contributed by atoms with Crippen LogP contribution in [0.25, 0.3) is 0 Å². The van der Waals surface area contributed by atoms with Crippen molar-refractivity contribution in [3.05, 3.63) is 60.2 Å². The van der Waals surface area contributed by atoms with Gasteiger partial charge >= 0.3 is 0 Å². The Labute approximate surface area is 122 Å². The molecule has 0 spiro atoms. The fourth-order valence-corrected chi connectivity index (χ4v) is 2.92. The van der Waals surface area contributed by atoms with Crippen LogP contribution in [0.5, 0.6) is 0 Å². The van der Waals surface area contributed by atoms with Gasteiger partial charge in [-0.15, -0.1) is 0 Å². The molecule has 0 radical (unpaired) electrons. The molecular weight excluding hydrogens is 264 g/mol. The molecule has 4 heterocycles. The monoisotopic (exact) mass is 278 g/mol. The molecular formula is C16H14N4O. The third-order valence-electron chi connectivity index (χ3n) is 3.93. The van der Waals surface area contributed by atoms with Gasteiger partial charge in [0.1, 0.15) is 6.10 Å². The maximum absolute atomic E-state index is 5.93. The van der Waals surface area contributed by atoms with Crippen LogP contribution in [-0.2, 0) is 4.74 Å². The van der Waals surface area contributed by atoms with E-state index in [0.29, 0.717) is 0 Å². The summed E-state index contributed by atoms with van der Waals surface area (Å²) in [5, 5.41) is 8.91. The lowest BCUT2D eigenvalue weighted by Crippen LogP contribution is -2.35. The molecule has 21 heavy (non-hydrogen) atoms. The summed E-state index contributed by atoms with van der Waals surface area (Å²) in [4.78, 5) is 8.11. The highest BCUT2D eigenvalue weighted by Gasteiger charge is 2.39. The maximum Gasteiger partial charge on any atom is 0.110 e. The summed E-state index contributed by atoms with van der Waals surface area (Å²) < 4.78 is 5.93. The molecule has 1 fully saturated rings. The second kappa shape index (κ2) is 5.18. The fourth-order valence-electron chi connectivity index (χ4n) is 2.92. The number of rotatable bonds is 2. The number of pyridine rings is 2. The molecule has 0 aliphatic carbocycles. The van der Waals surface area contributed by atoms with Gasteiger partial charge in [-0.3, -0.25) is 9.97 Å². The van der Waals surface area contributed by atoms with Crippen molar-refractivity contribution in [1.82, 2.24) is 9.97 Å². The van der Waals surface area contributed by atoms with Gasteiger partial charge in [0.2, 0.25) is 0 Å². The van der Waals surface area contributed by atoms with Crippen molar-refractivity contribution in [3.8, 4) is 0 Å². The van der Waals surface area contributed by atoms with E-state index < -0.39 is 0 Å². The molecule has 2 atom stereocenters. The highest BCUT2D eigenvalue weighted by atomic mass is 16.5. The molecule has 5 heteroatoms. The van der Waals surface area contributed by atoms with E-state index in [1.807, 2.05) is 24.3 Å². The molecule has 0 N–H and O–H groups in total. The van der Waals surface area contributed by atoms with E-state index in [-0.39, 0.29) is 12.0 Å². The molecule has 0 bridgehead atoms. The van der Waals surface area contributed by atoms with Crippen molar-refractivity contribution in [2.24, 2.45) is 16.1 Å². The van der Waals surface area contributed by atoms with Crippen molar-refractivity contribution in [1.29, 1.82) is 0 Å². The lowest BCUT2D eigenvalue weighted by Gasteiger charge is -2.24. The summed E-state index contributed by atoms with van der Waals surface area (Å²) >= 11 is 0. The Morgan fingerprint density at radius 3 is 2.05 bits per heavy atom. The number of hydrogen-bond donors (Lipinski definition) is 0. The molecule has 2 aromatic heterocycles. The SMILES string of the molecule is c1cc(C2=NN=C(c3ccncc3)C3OCCC23)ccn1. The van der Waals surface area contributed by atoms with Gasteiger partial charge in [0, 0.05) is 48.4 Å². The lowest BCUT2D eigenvalue weighted by molar-refractivity contribution is 0.151. The van der Waals surface area contributed by atoms with E-state index in [2.05, 4.69) is 20.2 Å². The molecule has 2 unspecified atom stereocenters. The number of hydrogen-bond acceptors (Lipinski definition) is 5. The quantitative estimate of drug-likeness (QED) is 0.845. The molecule has 2 aliphatic heterocycles. The normalized spacial score (nSPS) is 24.2. The zero-order valence-electron chi connectivity index (χ0n) is 11.4. The zero-order valence-corrected chi connectivity index (χ0v) is 11.4. The molecule has 2 aliphatic rings. The average Bonchev–Trinajstić information content (AvgIpc) is 3.05. The Bertz CT molecular complexity index is 635. The molecule has 2 aromatic rings. The average molecular weight is 278 g/mol. The van der Waals surface area contributed by atoms with Crippen molar-refractivity contribution < 1.29 is 4.74 Å². The number of fused-ring (bicyclic) bond motifs is 1. The van der Waals surface area contributed by atoms with Crippen LogP contribution in [0.15, 0.2) is 59.3 Å². The minimum atomic E-state index is -0.0203. The van der Waals surface area contributed by atoms with Gasteiger partial charge in [0.05, 0.1) is 11.4 Å². The molecule has 4 rings (SSSR count). The zero-order chi connectivity index (χ0) is 14.1. The van der Waals surface area contributed by atoms with Crippen LogP contribution < -0.4 is 0 Å². The van der Waals surface area contributed by atoms with Crippen molar-refractivity contribution in [3.63, 3.8) is 0 Å². The van der Waals surface area contributed by atoms with Crippen LogP contribution in [0.4, 0.5) is 0 Å². The third-order valence-corrected chi connectivity index (χ3v) is 3.93. The van der Waals surface area contributed by atoms with Crippen molar-refractivity contribution in [2.75, 3.05) is 6.61 Å². The van der Waals surface area contributed by atoms with Gasteiger partial charge in [-0.1, -0.05) is 0 Å². The molecule has 104 valence electrons. The third kappa shape index (κ3) is 2.15. The Morgan fingerprint density at radius 1 is 0.810 bits per heavy atom. The Kier molecular flexibility index (Phi) is 3.05. The summed E-state index contributed by atoms with van der Waals surface area (Å²) in [5.74, 6) is 0.257. The Hall–Kier alpha value is -2.40. The highest BCUT2D eigenvalue weighted by Crippen LogP contribution is 2.31. The summed E-state index contributed by atoms with van der Waals surface area (Å²) in [6.45, 7) is 0.740. The minimum absolute atomic E-state index is 0.0203. The fraction of sp³-hybridized carbons (Fsp3) is 0.250.